The van der Waals surface area contributed by atoms with Crippen LogP contribution < -0.4 is 10.6 Å². The third-order valence-electron chi connectivity index (χ3n) is 6.98. The Morgan fingerprint density at radius 3 is 2.71 bits per heavy atom. The largest absolute Gasteiger partial charge is 0.351 e. The first kappa shape index (κ1) is 21.4. The van der Waals surface area contributed by atoms with Crippen LogP contribution in [0.25, 0.3) is 0 Å². The summed E-state index contributed by atoms with van der Waals surface area (Å²) in [5.41, 5.74) is 2.88. The summed E-state index contributed by atoms with van der Waals surface area (Å²) in [7, 11) is 0. The molecule has 3 aromatic rings. The van der Waals surface area contributed by atoms with E-state index in [4.69, 9.17) is 9.97 Å². The Balaban J connectivity index is 1.21. The Hall–Kier alpha value is -3.14. The molecule has 0 spiro atoms. The summed E-state index contributed by atoms with van der Waals surface area (Å²) in [6.45, 7) is 1.98. The van der Waals surface area contributed by atoms with Crippen molar-refractivity contribution in [3.05, 3.63) is 47.4 Å². The number of aryl methyl sites for hydroxylation is 1. The summed E-state index contributed by atoms with van der Waals surface area (Å²) < 4.78 is 0. The fourth-order valence-corrected chi connectivity index (χ4v) is 6.51. The number of aromatic nitrogens is 5. The van der Waals surface area contributed by atoms with Gasteiger partial charge in [0.15, 0.2) is 5.82 Å². The van der Waals surface area contributed by atoms with E-state index in [0.29, 0.717) is 5.95 Å². The zero-order chi connectivity index (χ0) is 23.1. The van der Waals surface area contributed by atoms with E-state index < -0.39 is 0 Å². The normalized spacial score (nSPS) is 23.4. The van der Waals surface area contributed by atoms with Gasteiger partial charge in [0.2, 0.25) is 5.95 Å². The van der Waals surface area contributed by atoms with Crippen molar-refractivity contribution in [2.75, 3.05) is 16.4 Å². The summed E-state index contributed by atoms with van der Waals surface area (Å²) in [5, 5.41) is 15.3. The predicted molar refractivity (Wildman–Crippen MR) is 132 cm³/mol. The number of H-pyrrole nitrogens is 1. The van der Waals surface area contributed by atoms with Crippen LogP contribution in [0.1, 0.15) is 53.7 Å². The molecule has 0 saturated carbocycles. The van der Waals surface area contributed by atoms with Gasteiger partial charge in [-0.2, -0.15) is 10.1 Å². The third kappa shape index (κ3) is 4.11. The van der Waals surface area contributed by atoms with Crippen LogP contribution in [0.4, 0.5) is 17.6 Å². The summed E-state index contributed by atoms with van der Waals surface area (Å²) in [4.78, 5) is 29.1. The number of fused-ring (bicyclic) bond motifs is 3. The van der Waals surface area contributed by atoms with Crippen LogP contribution in [-0.2, 0) is 6.42 Å². The molecule has 2 fully saturated rings. The number of hydrogen-bond acceptors (Lipinski definition) is 8. The molecule has 3 N–H and O–H groups in total. The van der Waals surface area contributed by atoms with Gasteiger partial charge in [0, 0.05) is 59.2 Å². The molecule has 0 aliphatic carbocycles. The maximum atomic E-state index is 13.3. The highest BCUT2D eigenvalue weighted by molar-refractivity contribution is 7.99. The summed E-state index contributed by atoms with van der Waals surface area (Å²) in [6.07, 6.45) is 9.39. The lowest BCUT2D eigenvalue weighted by molar-refractivity contribution is 0.0259. The van der Waals surface area contributed by atoms with Gasteiger partial charge < -0.3 is 15.5 Å². The molecule has 3 aliphatic heterocycles. The standard InChI is InChI=1S/C24H28N8OS/c1-14-11-20(31-30-14)27-21-19-7-10-34-22(19)29-24(28-21)26-16-12-17-3-2-4-18(13-16)32(17)23(33)15-5-8-25-9-6-15/h5-6,8-9,11,16-18H,2-4,7,10,12-13H2,1H3,(H3,26,27,28,29,30,31)/t16-,17-,18+. The quantitative estimate of drug-likeness (QED) is 0.475. The first-order chi connectivity index (χ1) is 16.6. The first-order valence-electron chi connectivity index (χ1n) is 12.0. The third-order valence-corrected chi connectivity index (χ3v) is 8.00. The lowest BCUT2D eigenvalue weighted by atomic mass is 9.81. The first-order valence-corrected chi connectivity index (χ1v) is 12.9. The Morgan fingerprint density at radius 2 is 1.97 bits per heavy atom. The van der Waals surface area contributed by atoms with E-state index in [9.17, 15) is 4.79 Å². The molecule has 176 valence electrons. The van der Waals surface area contributed by atoms with Crippen LogP contribution in [0.2, 0.25) is 0 Å². The van der Waals surface area contributed by atoms with Crippen LogP contribution in [-0.4, -0.2) is 59.8 Å². The lowest BCUT2D eigenvalue weighted by Crippen LogP contribution is -2.57. The van der Waals surface area contributed by atoms with Crippen LogP contribution >= 0.6 is 11.8 Å². The second-order valence-electron chi connectivity index (χ2n) is 9.34. The van der Waals surface area contributed by atoms with E-state index in [1.165, 1.54) is 6.42 Å². The van der Waals surface area contributed by atoms with E-state index in [2.05, 4.69) is 30.7 Å². The average Bonchev–Trinajstić information content (AvgIpc) is 3.47. The number of carbonyl (C=O) groups is 1. The molecule has 9 nitrogen and oxygen atoms in total. The molecule has 2 saturated heterocycles. The highest BCUT2D eigenvalue weighted by Crippen LogP contribution is 2.38. The molecule has 2 bridgehead atoms. The van der Waals surface area contributed by atoms with Crippen LogP contribution in [0.15, 0.2) is 35.6 Å². The number of rotatable bonds is 5. The van der Waals surface area contributed by atoms with Crippen LogP contribution in [0.5, 0.6) is 0 Å². The van der Waals surface area contributed by atoms with Gasteiger partial charge in [-0.1, -0.05) is 0 Å². The molecular formula is C24H28N8OS. The minimum Gasteiger partial charge on any atom is -0.351 e. The molecule has 1 amide bonds. The minimum absolute atomic E-state index is 0.126. The Kier molecular flexibility index (Phi) is 5.60. The number of pyridine rings is 1. The molecule has 3 aliphatic rings. The fraction of sp³-hybridized carbons (Fsp3) is 0.458. The zero-order valence-electron chi connectivity index (χ0n) is 19.1. The zero-order valence-corrected chi connectivity index (χ0v) is 19.9. The second-order valence-corrected chi connectivity index (χ2v) is 10.4. The molecule has 0 unspecified atom stereocenters. The maximum absolute atomic E-state index is 13.3. The van der Waals surface area contributed by atoms with E-state index in [-0.39, 0.29) is 24.0 Å². The van der Waals surface area contributed by atoms with Crippen molar-refractivity contribution in [2.45, 2.75) is 68.6 Å². The number of anilines is 3. The van der Waals surface area contributed by atoms with Gasteiger partial charge in [-0.25, -0.2) is 4.98 Å². The molecule has 3 atom stereocenters. The number of nitrogens with one attached hydrogen (secondary N) is 3. The number of aromatic amines is 1. The van der Waals surface area contributed by atoms with E-state index >= 15 is 0 Å². The Labute approximate surface area is 202 Å². The van der Waals surface area contributed by atoms with E-state index in [0.717, 1.165) is 71.3 Å². The number of piperidine rings is 2. The predicted octanol–water partition coefficient (Wildman–Crippen LogP) is 3.93. The van der Waals surface area contributed by atoms with Crippen molar-refractivity contribution in [3.63, 3.8) is 0 Å². The number of amides is 1. The number of nitrogens with zero attached hydrogens (tertiary/aromatic N) is 5. The molecule has 0 aromatic carbocycles. The van der Waals surface area contributed by atoms with Crippen molar-refractivity contribution in [1.29, 1.82) is 0 Å². The highest BCUT2D eigenvalue weighted by Gasteiger charge is 2.41. The molecule has 10 heteroatoms. The Bertz CT molecular complexity index is 1180. The molecule has 6 heterocycles. The average molecular weight is 477 g/mol. The van der Waals surface area contributed by atoms with Gasteiger partial charge in [0.05, 0.1) is 0 Å². The summed E-state index contributed by atoms with van der Waals surface area (Å²) in [5.74, 6) is 3.39. The van der Waals surface area contributed by atoms with Crippen LogP contribution in [0.3, 0.4) is 0 Å². The topological polar surface area (TPSA) is 112 Å². The van der Waals surface area contributed by atoms with Gasteiger partial charge in [0.1, 0.15) is 10.8 Å². The maximum Gasteiger partial charge on any atom is 0.254 e. The molecular weight excluding hydrogens is 448 g/mol. The molecule has 34 heavy (non-hydrogen) atoms. The minimum atomic E-state index is 0.126. The second kappa shape index (κ2) is 8.90. The monoisotopic (exact) mass is 476 g/mol. The fourth-order valence-electron chi connectivity index (χ4n) is 5.49. The van der Waals surface area contributed by atoms with Gasteiger partial charge in [-0.15, -0.1) is 11.8 Å². The van der Waals surface area contributed by atoms with Gasteiger partial charge >= 0.3 is 0 Å². The van der Waals surface area contributed by atoms with E-state index in [1.54, 1.807) is 24.2 Å². The smallest absolute Gasteiger partial charge is 0.254 e. The number of thioether (sulfide) groups is 1. The molecule has 3 aromatic heterocycles. The highest BCUT2D eigenvalue weighted by atomic mass is 32.2. The van der Waals surface area contributed by atoms with Crippen molar-refractivity contribution in [3.8, 4) is 0 Å². The Morgan fingerprint density at radius 1 is 1.18 bits per heavy atom. The van der Waals surface area contributed by atoms with Crippen molar-refractivity contribution >= 4 is 35.3 Å². The van der Waals surface area contributed by atoms with Gasteiger partial charge in [-0.05, 0) is 57.6 Å². The number of carbonyl (C=O) groups excluding carboxylic acids is 1. The van der Waals surface area contributed by atoms with Crippen LogP contribution in [0, 0.1) is 6.92 Å². The summed E-state index contributed by atoms with van der Waals surface area (Å²) >= 11 is 1.78. The number of hydrogen-bond donors (Lipinski definition) is 3. The molecule has 6 rings (SSSR count). The SMILES string of the molecule is Cc1cc(Nc2nc(N[C@@H]3C[C@H]4CCC[C@@H](C3)N4C(=O)c3ccncc3)nc3c2CCS3)n[nH]1. The molecule has 0 radical (unpaired) electrons. The lowest BCUT2D eigenvalue weighted by Gasteiger charge is -2.49. The van der Waals surface area contributed by atoms with Crippen molar-refractivity contribution < 1.29 is 4.79 Å². The summed E-state index contributed by atoms with van der Waals surface area (Å²) in [6, 6.07) is 6.31. The van der Waals surface area contributed by atoms with E-state index in [1.807, 2.05) is 25.1 Å². The van der Waals surface area contributed by atoms with Gasteiger partial charge in [-0.3, -0.25) is 14.9 Å². The van der Waals surface area contributed by atoms with Crippen molar-refractivity contribution in [1.82, 2.24) is 30.0 Å². The van der Waals surface area contributed by atoms with Crippen molar-refractivity contribution in [2.24, 2.45) is 0 Å². The van der Waals surface area contributed by atoms with Gasteiger partial charge in [0.25, 0.3) is 5.91 Å².